The lowest BCUT2D eigenvalue weighted by molar-refractivity contribution is -0.137. The molecule has 3 rings (SSSR count). The highest BCUT2D eigenvalue weighted by atomic mass is 19.4. The summed E-state index contributed by atoms with van der Waals surface area (Å²) in [5.74, 6) is -1.97. The molecule has 148 valence electrons. The molecule has 0 unspecified atom stereocenters. The first kappa shape index (κ1) is 19.5. The molecule has 0 spiro atoms. The normalized spacial score (nSPS) is 13.5. The Morgan fingerprint density at radius 3 is 2.29 bits per heavy atom. The number of benzene rings is 1. The van der Waals surface area contributed by atoms with Gasteiger partial charge in [0.15, 0.2) is 0 Å². The number of carbonyl (C=O) groups is 2. The molecule has 1 aromatic heterocycles. The second-order valence-corrected chi connectivity index (χ2v) is 6.15. The van der Waals surface area contributed by atoms with Crippen molar-refractivity contribution >= 4 is 23.3 Å². The number of carbonyl (C=O) groups excluding carboxylic acids is 2. The van der Waals surface area contributed by atoms with Crippen LogP contribution in [0.1, 0.15) is 40.1 Å². The van der Waals surface area contributed by atoms with E-state index in [1.54, 1.807) is 4.90 Å². The van der Waals surface area contributed by atoms with E-state index in [1.807, 2.05) is 19.2 Å². The average molecular weight is 394 g/mol. The van der Waals surface area contributed by atoms with Gasteiger partial charge in [0.25, 0.3) is 17.4 Å². The third-order valence-electron chi connectivity index (χ3n) is 4.60. The summed E-state index contributed by atoms with van der Waals surface area (Å²) in [7, 11) is 0. The van der Waals surface area contributed by atoms with Crippen LogP contribution in [0.4, 0.5) is 24.7 Å². The Hall–Kier alpha value is -3.30. The van der Waals surface area contributed by atoms with Gasteiger partial charge in [-0.15, -0.1) is 0 Å². The molecule has 0 bridgehead atoms. The number of hydrogen-bond donors (Lipinski definition) is 2. The number of aromatic nitrogens is 1. The Balaban J connectivity index is 2.37. The van der Waals surface area contributed by atoms with E-state index in [-0.39, 0.29) is 16.8 Å². The first-order chi connectivity index (χ1) is 13.1. The fourth-order valence-corrected chi connectivity index (χ4v) is 3.24. The van der Waals surface area contributed by atoms with E-state index in [4.69, 9.17) is 5.73 Å². The van der Waals surface area contributed by atoms with Crippen molar-refractivity contribution in [3.05, 3.63) is 51.3 Å². The molecule has 2 amide bonds. The molecule has 1 aliphatic heterocycles. The number of nitrogens with two attached hydrogens (primary N) is 1. The summed E-state index contributed by atoms with van der Waals surface area (Å²) < 4.78 is 40.7. The summed E-state index contributed by atoms with van der Waals surface area (Å²) in [6.45, 7) is 4.55. The molecule has 0 saturated carbocycles. The van der Waals surface area contributed by atoms with Crippen molar-refractivity contribution < 1.29 is 22.8 Å². The van der Waals surface area contributed by atoms with E-state index in [0.29, 0.717) is 18.8 Å². The lowest BCUT2D eigenvalue weighted by atomic mass is 10.1. The van der Waals surface area contributed by atoms with E-state index in [0.717, 1.165) is 22.8 Å². The maximum Gasteiger partial charge on any atom is 0.416 e. The van der Waals surface area contributed by atoms with Crippen LogP contribution in [0.3, 0.4) is 0 Å². The Morgan fingerprint density at radius 1 is 1.07 bits per heavy atom. The molecule has 0 atom stereocenters. The third kappa shape index (κ3) is 3.00. The summed E-state index contributed by atoms with van der Waals surface area (Å²) in [6.07, 6.45) is -4.64. The largest absolute Gasteiger partial charge is 0.416 e. The number of rotatable bonds is 4. The molecular formula is C18H17F3N4O3. The van der Waals surface area contributed by atoms with E-state index in [9.17, 15) is 27.6 Å². The summed E-state index contributed by atoms with van der Waals surface area (Å²) in [5, 5.41) is 2.02. The summed E-state index contributed by atoms with van der Waals surface area (Å²) in [5.41, 5.74) is 4.01. The number of nitrogen functional groups attached to an aromatic ring is 1. The zero-order valence-corrected chi connectivity index (χ0v) is 15.1. The van der Waals surface area contributed by atoms with E-state index in [2.05, 4.69) is 0 Å². The second kappa shape index (κ2) is 6.70. The van der Waals surface area contributed by atoms with Crippen molar-refractivity contribution in [1.29, 1.82) is 0 Å². The van der Waals surface area contributed by atoms with Gasteiger partial charge in [0, 0.05) is 19.2 Å². The zero-order valence-electron chi connectivity index (χ0n) is 15.1. The first-order valence-electron chi connectivity index (χ1n) is 8.47. The lowest BCUT2D eigenvalue weighted by Crippen LogP contribution is -2.29. The number of nitrogens with zero attached hydrogens (tertiary/aromatic N) is 2. The number of pyridine rings is 1. The predicted octanol–water partition coefficient (Wildman–Crippen LogP) is 2.17. The van der Waals surface area contributed by atoms with Crippen LogP contribution in [0.5, 0.6) is 0 Å². The molecule has 7 nitrogen and oxygen atoms in total. The van der Waals surface area contributed by atoms with Gasteiger partial charge < -0.3 is 10.6 Å². The maximum atomic E-state index is 13.3. The third-order valence-corrected chi connectivity index (χ3v) is 4.60. The van der Waals surface area contributed by atoms with Crippen LogP contribution in [0.25, 0.3) is 5.69 Å². The van der Waals surface area contributed by atoms with Gasteiger partial charge in [0.05, 0.1) is 28.1 Å². The fraction of sp³-hybridized carbons (Fsp3) is 0.278. The van der Waals surface area contributed by atoms with Crippen LogP contribution >= 0.6 is 0 Å². The second-order valence-electron chi connectivity index (χ2n) is 6.15. The molecule has 0 saturated heterocycles. The summed E-state index contributed by atoms with van der Waals surface area (Å²) in [6, 6.07) is 3.89. The number of halogens is 3. The molecule has 28 heavy (non-hydrogen) atoms. The van der Waals surface area contributed by atoms with Crippen LogP contribution in [0.2, 0.25) is 0 Å². The van der Waals surface area contributed by atoms with Crippen LogP contribution in [-0.4, -0.2) is 29.5 Å². The van der Waals surface area contributed by atoms with Gasteiger partial charge >= 0.3 is 6.18 Å². The molecular weight excluding hydrogens is 377 g/mol. The van der Waals surface area contributed by atoms with Crippen LogP contribution in [0, 0.1) is 0 Å². The van der Waals surface area contributed by atoms with Gasteiger partial charge in [0.2, 0.25) is 0 Å². The smallest absolute Gasteiger partial charge is 0.384 e. The highest BCUT2D eigenvalue weighted by Gasteiger charge is 2.34. The molecule has 3 N–H and O–H groups in total. The van der Waals surface area contributed by atoms with Crippen molar-refractivity contribution in [2.45, 2.75) is 20.0 Å². The van der Waals surface area contributed by atoms with Crippen molar-refractivity contribution in [3.63, 3.8) is 0 Å². The number of fused-ring (bicyclic) bond motifs is 1. The zero-order chi connectivity index (χ0) is 20.8. The molecule has 10 heteroatoms. The monoisotopic (exact) mass is 394 g/mol. The number of alkyl halides is 3. The van der Waals surface area contributed by atoms with Crippen LogP contribution < -0.4 is 21.5 Å². The predicted molar refractivity (Wildman–Crippen MR) is 96.8 cm³/mol. The van der Waals surface area contributed by atoms with Crippen LogP contribution in [0.15, 0.2) is 29.1 Å². The molecule has 0 aliphatic carbocycles. The minimum atomic E-state index is -4.64. The number of imide groups is 1. The van der Waals surface area contributed by atoms with E-state index < -0.39 is 34.9 Å². The minimum Gasteiger partial charge on any atom is -0.384 e. The summed E-state index contributed by atoms with van der Waals surface area (Å²) >= 11 is 0. The summed E-state index contributed by atoms with van der Waals surface area (Å²) in [4.78, 5) is 38.2. The Kier molecular flexibility index (Phi) is 4.66. The van der Waals surface area contributed by atoms with Gasteiger partial charge in [0.1, 0.15) is 5.82 Å². The molecule has 0 radical (unpaired) electrons. The minimum absolute atomic E-state index is 0.115. The van der Waals surface area contributed by atoms with E-state index >= 15 is 0 Å². The van der Waals surface area contributed by atoms with Crippen LogP contribution in [-0.2, 0) is 6.18 Å². The molecule has 2 aromatic rings. The van der Waals surface area contributed by atoms with Gasteiger partial charge in [-0.2, -0.15) is 13.2 Å². The highest BCUT2D eigenvalue weighted by Crippen LogP contribution is 2.35. The maximum absolute atomic E-state index is 13.3. The van der Waals surface area contributed by atoms with Gasteiger partial charge in [-0.25, -0.2) is 0 Å². The quantitative estimate of drug-likeness (QED) is 0.775. The van der Waals surface area contributed by atoms with Gasteiger partial charge in [-0.05, 0) is 32.0 Å². The lowest BCUT2D eigenvalue weighted by Gasteiger charge is -2.26. The number of nitrogens with one attached hydrogen (secondary N) is 1. The number of hydrogen-bond acceptors (Lipinski definition) is 5. The number of anilines is 2. The Bertz CT molecular complexity index is 1040. The number of amides is 2. The first-order valence-corrected chi connectivity index (χ1v) is 8.47. The topological polar surface area (TPSA) is 97.4 Å². The highest BCUT2D eigenvalue weighted by molar-refractivity contribution is 6.23. The molecule has 0 fully saturated rings. The van der Waals surface area contributed by atoms with Crippen molar-refractivity contribution in [2.75, 3.05) is 23.7 Å². The van der Waals surface area contributed by atoms with Crippen molar-refractivity contribution in [1.82, 2.24) is 9.88 Å². The fourth-order valence-electron chi connectivity index (χ4n) is 3.24. The Labute approximate surface area is 157 Å². The van der Waals surface area contributed by atoms with Gasteiger partial charge in [-0.1, -0.05) is 0 Å². The van der Waals surface area contributed by atoms with Crippen molar-refractivity contribution in [2.24, 2.45) is 0 Å². The molecule has 1 aromatic carbocycles. The molecule has 1 aliphatic rings. The van der Waals surface area contributed by atoms with Gasteiger partial charge in [-0.3, -0.25) is 24.3 Å². The molecule has 2 heterocycles. The van der Waals surface area contributed by atoms with Crippen molar-refractivity contribution in [3.8, 4) is 5.69 Å². The standard InChI is InChI=1S/C18H17F3N4O3/c1-3-24(4-2)11-6-5-9(18(19,20)21)7-12(11)25-13(26)8-10-14(15(25)22)17(28)23-16(10)27/h5-8H,3-4,22H2,1-2H3,(H,23,27,28). The SMILES string of the molecule is CCN(CC)c1ccc(C(F)(F)F)cc1-n1c(N)c2c(cc1=O)C(=O)NC2=O. The average Bonchev–Trinajstić information content (AvgIpc) is 2.90. The Morgan fingerprint density at radius 2 is 1.71 bits per heavy atom. The van der Waals surface area contributed by atoms with E-state index in [1.165, 1.54) is 6.07 Å².